The largest absolute Gasteiger partial charge is 0.489 e. The summed E-state index contributed by atoms with van der Waals surface area (Å²) in [6.45, 7) is 5.59. The lowest BCUT2D eigenvalue weighted by Crippen LogP contribution is -2.59. The zero-order chi connectivity index (χ0) is 28.8. The van der Waals surface area contributed by atoms with Crippen molar-refractivity contribution in [3.05, 3.63) is 53.9 Å². The molecule has 1 aromatic carbocycles. The van der Waals surface area contributed by atoms with Crippen molar-refractivity contribution in [2.75, 3.05) is 24.6 Å². The Hall–Kier alpha value is -3.79. The molecule has 218 valence electrons. The van der Waals surface area contributed by atoms with E-state index in [0.717, 1.165) is 55.5 Å². The summed E-state index contributed by atoms with van der Waals surface area (Å²) in [6.07, 6.45) is 9.83. The first-order chi connectivity index (χ1) is 19.6. The SMILES string of the molecule is CC(C)(O)COc1ccc2c(CC(=O)NC3CC4(C3)CC(Oc3cc(N5CCCC5)ccc3C(N)=O)C4)cnn2c1. The Bertz CT molecular complexity index is 1440. The van der Waals surface area contributed by atoms with Gasteiger partial charge in [0.1, 0.15) is 18.1 Å². The predicted molar refractivity (Wildman–Crippen MR) is 154 cm³/mol. The molecule has 10 heteroatoms. The number of fused-ring (bicyclic) bond motifs is 1. The van der Waals surface area contributed by atoms with Crippen LogP contribution in [-0.2, 0) is 11.2 Å². The number of aliphatic hydroxyl groups is 1. The van der Waals surface area contributed by atoms with Gasteiger partial charge in [-0.05, 0) is 82.1 Å². The van der Waals surface area contributed by atoms with Crippen molar-refractivity contribution >= 4 is 23.0 Å². The van der Waals surface area contributed by atoms with Gasteiger partial charge in [-0.3, -0.25) is 9.59 Å². The van der Waals surface area contributed by atoms with Gasteiger partial charge in [0.15, 0.2) is 0 Å². The van der Waals surface area contributed by atoms with Gasteiger partial charge in [-0.2, -0.15) is 5.10 Å². The van der Waals surface area contributed by atoms with Crippen LogP contribution >= 0.6 is 0 Å². The molecule has 1 aliphatic heterocycles. The second-order valence-corrected chi connectivity index (χ2v) is 12.7. The van der Waals surface area contributed by atoms with Gasteiger partial charge in [-0.1, -0.05) is 0 Å². The number of aromatic nitrogens is 2. The summed E-state index contributed by atoms with van der Waals surface area (Å²) < 4.78 is 13.6. The number of anilines is 1. The van der Waals surface area contributed by atoms with E-state index in [1.807, 2.05) is 24.3 Å². The van der Waals surface area contributed by atoms with Crippen LogP contribution in [-0.4, -0.2) is 64.0 Å². The van der Waals surface area contributed by atoms with E-state index in [1.165, 1.54) is 12.8 Å². The summed E-state index contributed by atoms with van der Waals surface area (Å²) >= 11 is 0. The van der Waals surface area contributed by atoms with Crippen molar-refractivity contribution in [1.82, 2.24) is 14.9 Å². The average molecular weight is 562 g/mol. The Morgan fingerprint density at radius 1 is 1.15 bits per heavy atom. The number of hydrogen-bond acceptors (Lipinski definition) is 7. The molecule has 2 amide bonds. The van der Waals surface area contributed by atoms with Crippen LogP contribution < -0.4 is 25.4 Å². The number of primary amides is 1. The third-order valence-corrected chi connectivity index (χ3v) is 8.55. The molecule has 3 heterocycles. The lowest BCUT2D eigenvalue weighted by molar-refractivity contribution is -0.126. The number of amides is 2. The van der Waals surface area contributed by atoms with Crippen LogP contribution in [0.25, 0.3) is 5.52 Å². The van der Waals surface area contributed by atoms with Crippen LogP contribution in [0.5, 0.6) is 11.5 Å². The molecule has 0 radical (unpaired) electrons. The highest BCUT2D eigenvalue weighted by atomic mass is 16.5. The molecule has 0 unspecified atom stereocenters. The van der Waals surface area contributed by atoms with E-state index in [1.54, 1.807) is 36.8 Å². The standard InChI is InChI=1S/C31H39N5O5/c1-30(2,39)19-40-23-6-8-26-20(17-33-36(26)18-23)11-28(37)34-21-13-31(14-21)15-24(16-31)41-27-12-22(35-9-3-4-10-35)5-7-25(27)29(32)38/h5-8,12,17-18,21,24,39H,3-4,9-11,13-16,19H2,1-2H3,(H2,32,38)(H,34,37). The van der Waals surface area contributed by atoms with E-state index in [4.69, 9.17) is 15.2 Å². The van der Waals surface area contributed by atoms with Crippen molar-refractivity contribution < 1.29 is 24.2 Å². The maximum absolute atomic E-state index is 12.8. The van der Waals surface area contributed by atoms with Crippen molar-refractivity contribution in [3.8, 4) is 11.5 Å². The Morgan fingerprint density at radius 3 is 2.61 bits per heavy atom. The molecule has 0 atom stereocenters. The molecule has 41 heavy (non-hydrogen) atoms. The first-order valence-corrected chi connectivity index (χ1v) is 14.5. The number of nitrogens with one attached hydrogen (secondary N) is 1. The monoisotopic (exact) mass is 561 g/mol. The molecule has 1 saturated heterocycles. The number of carbonyl (C=O) groups excluding carboxylic acids is 2. The highest BCUT2D eigenvalue weighted by Gasteiger charge is 2.54. The molecular weight excluding hydrogens is 522 g/mol. The highest BCUT2D eigenvalue weighted by molar-refractivity contribution is 5.96. The number of ether oxygens (including phenoxy) is 2. The zero-order valence-corrected chi connectivity index (χ0v) is 23.8. The van der Waals surface area contributed by atoms with Crippen LogP contribution in [0.3, 0.4) is 0 Å². The van der Waals surface area contributed by atoms with Crippen LogP contribution in [0.15, 0.2) is 42.7 Å². The maximum Gasteiger partial charge on any atom is 0.252 e. The van der Waals surface area contributed by atoms with Crippen molar-refractivity contribution in [2.45, 2.75) is 76.5 Å². The molecule has 10 nitrogen and oxygen atoms in total. The van der Waals surface area contributed by atoms with E-state index in [-0.39, 0.29) is 36.5 Å². The van der Waals surface area contributed by atoms with E-state index in [9.17, 15) is 14.7 Å². The fourth-order valence-corrected chi connectivity index (χ4v) is 6.53. The Balaban J connectivity index is 0.984. The van der Waals surface area contributed by atoms with Gasteiger partial charge in [0.05, 0.1) is 41.6 Å². The van der Waals surface area contributed by atoms with Gasteiger partial charge >= 0.3 is 0 Å². The molecule has 2 aliphatic carbocycles. The third-order valence-electron chi connectivity index (χ3n) is 8.55. The maximum atomic E-state index is 12.8. The molecule has 2 aromatic heterocycles. The number of pyridine rings is 1. The van der Waals surface area contributed by atoms with Crippen molar-refractivity contribution in [1.29, 1.82) is 0 Å². The molecule has 3 aromatic rings. The lowest BCUT2D eigenvalue weighted by atomic mass is 9.53. The highest BCUT2D eigenvalue weighted by Crippen LogP contribution is 2.57. The quantitative estimate of drug-likeness (QED) is 0.346. The summed E-state index contributed by atoms with van der Waals surface area (Å²) in [4.78, 5) is 27.2. The van der Waals surface area contributed by atoms with E-state index in [0.29, 0.717) is 17.1 Å². The minimum Gasteiger partial charge on any atom is -0.489 e. The number of hydrogen-bond donors (Lipinski definition) is 3. The zero-order valence-electron chi connectivity index (χ0n) is 23.8. The fraction of sp³-hybridized carbons (Fsp3) is 0.516. The van der Waals surface area contributed by atoms with Crippen molar-refractivity contribution in [2.24, 2.45) is 11.1 Å². The van der Waals surface area contributed by atoms with Gasteiger partial charge < -0.3 is 30.5 Å². The summed E-state index contributed by atoms with van der Waals surface area (Å²) in [5.74, 6) is 0.694. The second-order valence-electron chi connectivity index (χ2n) is 12.7. The minimum absolute atomic E-state index is 0.0148. The van der Waals surface area contributed by atoms with Gasteiger partial charge in [-0.25, -0.2) is 4.52 Å². The summed E-state index contributed by atoms with van der Waals surface area (Å²) in [5.41, 5.74) is 8.11. The molecule has 1 spiro atoms. The Kier molecular flexibility index (Phi) is 7.05. The average Bonchev–Trinajstić information content (AvgIpc) is 3.55. The third kappa shape index (κ3) is 5.98. The summed E-state index contributed by atoms with van der Waals surface area (Å²) in [7, 11) is 0. The van der Waals surface area contributed by atoms with Gasteiger partial charge in [0, 0.05) is 36.4 Å². The number of nitrogens with zero attached hydrogens (tertiary/aromatic N) is 3. The van der Waals surface area contributed by atoms with Crippen molar-refractivity contribution in [3.63, 3.8) is 0 Å². The molecule has 0 bridgehead atoms. The first kappa shape index (κ1) is 27.4. The van der Waals surface area contributed by atoms with Gasteiger partial charge in [-0.15, -0.1) is 0 Å². The number of rotatable bonds is 10. The summed E-state index contributed by atoms with van der Waals surface area (Å²) in [6, 6.07) is 9.56. The first-order valence-electron chi connectivity index (χ1n) is 14.5. The van der Waals surface area contributed by atoms with Gasteiger partial charge in [0.25, 0.3) is 5.91 Å². The molecule has 2 saturated carbocycles. The number of carbonyl (C=O) groups is 2. The van der Waals surface area contributed by atoms with E-state index < -0.39 is 11.5 Å². The molecule has 3 fully saturated rings. The smallest absolute Gasteiger partial charge is 0.252 e. The molecular formula is C31H39N5O5. The predicted octanol–water partition coefficient (Wildman–Crippen LogP) is 3.23. The van der Waals surface area contributed by atoms with E-state index in [2.05, 4.69) is 15.3 Å². The Morgan fingerprint density at radius 2 is 1.90 bits per heavy atom. The van der Waals surface area contributed by atoms with Crippen LogP contribution in [0.4, 0.5) is 5.69 Å². The number of benzene rings is 1. The van der Waals surface area contributed by atoms with Crippen LogP contribution in [0, 0.1) is 5.41 Å². The topological polar surface area (TPSA) is 131 Å². The minimum atomic E-state index is -0.927. The lowest BCUT2D eigenvalue weighted by Gasteiger charge is -2.57. The normalized spacial score (nSPS) is 23.7. The number of nitrogens with two attached hydrogens (primary N) is 1. The Labute approximate surface area is 239 Å². The molecule has 6 rings (SSSR count). The fourth-order valence-electron chi connectivity index (χ4n) is 6.53. The van der Waals surface area contributed by atoms with Crippen LogP contribution in [0.1, 0.15) is 68.3 Å². The summed E-state index contributed by atoms with van der Waals surface area (Å²) in [5, 5.41) is 17.4. The van der Waals surface area contributed by atoms with E-state index >= 15 is 0 Å². The molecule has 4 N–H and O–H groups in total. The van der Waals surface area contributed by atoms with Gasteiger partial charge in [0.2, 0.25) is 5.91 Å². The molecule has 3 aliphatic rings. The van der Waals surface area contributed by atoms with Crippen LogP contribution in [0.2, 0.25) is 0 Å². The second kappa shape index (κ2) is 10.6.